The second-order valence-corrected chi connectivity index (χ2v) is 4.52. The molecule has 0 fully saturated rings. The van der Waals surface area contributed by atoms with Gasteiger partial charge in [-0.1, -0.05) is 6.92 Å². The molecule has 0 aromatic heterocycles. The molecule has 102 valence electrons. The molecule has 0 amide bonds. The molecule has 4 nitrogen and oxygen atoms in total. The smallest absolute Gasteiger partial charge is 0.119 e. The first-order chi connectivity index (χ1) is 8.63. The van der Waals surface area contributed by atoms with Crippen molar-refractivity contribution in [3.05, 3.63) is 24.3 Å². The van der Waals surface area contributed by atoms with E-state index in [0.29, 0.717) is 13.2 Å². The lowest BCUT2D eigenvalue weighted by molar-refractivity contribution is 0.162. The average molecular weight is 253 g/mol. The van der Waals surface area contributed by atoms with Crippen molar-refractivity contribution < 1.29 is 14.6 Å². The van der Waals surface area contributed by atoms with E-state index in [0.717, 1.165) is 17.9 Å². The van der Waals surface area contributed by atoms with E-state index in [1.54, 1.807) is 7.11 Å². The van der Waals surface area contributed by atoms with E-state index in [2.05, 4.69) is 5.32 Å². The fraction of sp³-hybridized carbons (Fsp3) is 0.571. The Kier molecular flexibility index (Phi) is 5.95. The van der Waals surface area contributed by atoms with Gasteiger partial charge in [-0.25, -0.2) is 0 Å². The van der Waals surface area contributed by atoms with Crippen LogP contribution in [0.25, 0.3) is 0 Å². The van der Waals surface area contributed by atoms with Crippen molar-refractivity contribution >= 4 is 0 Å². The molecule has 2 N–H and O–H groups in total. The van der Waals surface area contributed by atoms with Crippen LogP contribution in [0.5, 0.6) is 11.5 Å². The molecule has 0 spiro atoms. The maximum Gasteiger partial charge on any atom is 0.119 e. The van der Waals surface area contributed by atoms with Gasteiger partial charge in [-0.3, -0.25) is 0 Å². The summed E-state index contributed by atoms with van der Waals surface area (Å²) in [5.74, 6) is 1.64. The second kappa shape index (κ2) is 7.24. The third-order valence-corrected chi connectivity index (χ3v) is 3.11. The van der Waals surface area contributed by atoms with Gasteiger partial charge in [0.2, 0.25) is 0 Å². The molecule has 1 aromatic carbocycles. The number of nitrogens with one attached hydrogen (secondary N) is 1. The molecule has 0 aliphatic rings. The van der Waals surface area contributed by atoms with Crippen LogP contribution in [0.4, 0.5) is 0 Å². The van der Waals surface area contributed by atoms with E-state index in [9.17, 15) is 5.11 Å². The van der Waals surface area contributed by atoms with Crippen LogP contribution in [0.2, 0.25) is 0 Å². The molecule has 0 saturated carbocycles. The number of hydrogen-bond acceptors (Lipinski definition) is 4. The first-order valence-electron chi connectivity index (χ1n) is 6.26. The molecule has 1 aromatic rings. The van der Waals surface area contributed by atoms with E-state index < -0.39 is 0 Å². The minimum Gasteiger partial charge on any atom is -0.497 e. The Morgan fingerprint density at radius 2 is 1.83 bits per heavy atom. The maximum absolute atomic E-state index is 9.24. The van der Waals surface area contributed by atoms with Crippen molar-refractivity contribution in [2.45, 2.75) is 25.8 Å². The van der Waals surface area contributed by atoms with Gasteiger partial charge in [-0.05, 0) is 37.6 Å². The van der Waals surface area contributed by atoms with Gasteiger partial charge >= 0.3 is 0 Å². The molecule has 0 radical (unpaired) electrons. The summed E-state index contributed by atoms with van der Waals surface area (Å²) in [6, 6.07) is 7.49. The normalized spacial score (nSPS) is 14.0. The first kappa shape index (κ1) is 14.8. The van der Waals surface area contributed by atoms with Crippen LogP contribution >= 0.6 is 0 Å². The first-order valence-corrected chi connectivity index (χ1v) is 6.26. The SMILES string of the molecule is CCC(C)(CO)NCCOc1ccc(OC)cc1. The minimum absolute atomic E-state index is 0.131. The van der Waals surface area contributed by atoms with E-state index >= 15 is 0 Å². The summed E-state index contributed by atoms with van der Waals surface area (Å²) in [7, 11) is 1.64. The van der Waals surface area contributed by atoms with Gasteiger partial charge in [-0.15, -0.1) is 0 Å². The highest BCUT2D eigenvalue weighted by Crippen LogP contribution is 2.16. The van der Waals surface area contributed by atoms with Crippen LogP contribution in [0.1, 0.15) is 20.3 Å². The Labute approximate surface area is 109 Å². The molecule has 1 atom stereocenters. The average Bonchev–Trinajstić information content (AvgIpc) is 2.44. The molecule has 1 unspecified atom stereocenters. The topological polar surface area (TPSA) is 50.7 Å². The second-order valence-electron chi connectivity index (χ2n) is 4.52. The highest BCUT2D eigenvalue weighted by atomic mass is 16.5. The zero-order chi connectivity index (χ0) is 13.4. The Balaban J connectivity index is 2.29. The summed E-state index contributed by atoms with van der Waals surface area (Å²) in [4.78, 5) is 0. The van der Waals surface area contributed by atoms with E-state index in [1.807, 2.05) is 38.1 Å². The zero-order valence-electron chi connectivity index (χ0n) is 11.4. The number of aliphatic hydroxyl groups is 1. The summed E-state index contributed by atoms with van der Waals surface area (Å²) < 4.78 is 10.7. The Morgan fingerprint density at radius 1 is 1.22 bits per heavy atom. The van der Waals surface area contributed by atoms with Gasteiger partial charge in [-0.2, -0.15) is 0 Å². The fourth-order valence-electron chi connectivity index (χ4n) is 1.49. The molecular weight excluding hydrogens is 230 g/mol. The lowest BCUT2D eigenvalue weighted by atomic mass is 10.0. The Bertz CT molecular complexity index is 333. The van der Waals surface area contributed by atoms with Gasteiger partial charge in [0.1, 0.15) is 18.1 Å². The molecule has 0 bridgehead atoms. The molecule has 0 aliphatic carbocycles. The maximum atomic E-state index is 9.24. The number of methoxy groups -OCH3 is 1. The third kappa shape index (κ3) is 4.55. The van der Waals surface area contributed by atoms with E-state index in [1.165, 1.54) is 0 Å². The summed E-state index contributed by atoms with van der Waals surface area (Å²) in [6.07, 6.45) is 0.881. The van der Waals surface area contributed by atoms with Gasteiger partial charge in [0.05, 0.1) is 13.7 Å². The number of rotatable bonds is 8. The summed E-state index contributed by atoms with van der Waals surface area (Å²) >= 11 is 0. The highest BCUT2D eigenvalue weighted by Gasteiger charge is 2.19. The van der Waals surface area contributed by atoms with Gasteiger partial charge < -0.3 is 19.9 Å². The summed E-state index contributed by atoms with van der Waals surface area (Å²) in [5, 5.41) is 12.5. The molecular formula is C14H23NO3. The quantitative estimate of drug-likeness (QED) is 0.694. The molecule has 0 aliphatic heterocycles. The van der Waals surface area contributed by atoms with E-state index in [-0.39, 0.29) is 12.1 Å². The van der Waals surface area contributed by atoms with Gasteiger partial charge in [0, 0.05) is 12.1 Å². The highest BCUT2D eigenvalue weighted by molar-refractivity contribution is 5.31. The molecule has 4 heteroatoms. The van der Waals surface area contributed by atoms with Crippen molar-refractivity contribution in [3.8, 4) is 11.5 Å². The summed E-state index contributed by atoms with van der Waals surface area (Å²) in [5.41, 5.74) is -0.219. The molecule has 0 saturated heterocycles. The molecule has 1 rings (SSSR count). The monoisotopic (exact) mass is 253 g/mol. The number of benzene rings is 1. The van der Waals surface area contributed by atoms with E-state index in [4.69, 9.17) is 9.47 Å². The number of ether oxygens (including phenoxy) is 2. The Hall–Kier alpha value is -1.26. The zero-order valence-corrected chi connectivity index (χ0v) is 11.4. The predicted octanol–water partition coefficient (Wildman–Crippen LogP) is 1.82. The van der Waals surface area contributed by atoms with Crippen LogP contribution in [-0.2, 0) is 0 Å². The van der Waals surface area contributed by atoms with Crippen LogP contribution in [-0.4, -0.2) is 37.5 Å². The van der Waals surface area contributed by atoms with Gasteiger partial charge in [0.25, 0.3) is 0 Å². The van der Waals surface area contributed by atoms with Crippen LogP contribution in [0.3, 0.4) is 0 Å². The van der Waals surface area contributed by atoms with Crippen molar-refractivity contribution in [2.24, 2.45) is 0 Å². The van der Waals surface area contributed by atoms with Crippen molar-refractivity contribution in [2.75, 3.05) is 26.9 Å². The van der Waals surface area contributed by atoms with Crippen LogP contribution in [0.15, 0.2) is 24.3 Å². The van der Waals surface area contributed by atoms with Gasteiger partial charge in [0.15, 0.2) is 0 Å². The van der Waals surface area contributed by atoms with Crippen molar-refractivity contribution in [1.82, 2.24) is 5.32 Å². The lowest BCUT2D eigenvalue weighted by Crippen LogP contribution is -2.46. The fourth-order valence-corrected chi connectivity index (χ4v) is 1.49. The number of hydrogen-bond donors (Lipinski definition) is 2. The third-order valence-electron chi connectivity index (χ3n) is 3.11. The van der Waals surface area contributed by atoms with Crippen molar-refractivity contribution in [1.29, 1.82) is 0 Å². The predicted molar refractivity (Wildman–Crippen MR) is 72.3 cm³/mol. The van der Waals surface area contributed by atoms with Crippen molar-refractivity contribution in [3.63, 3.8) is 0 Å². The summed E-state index contributed by atoms with van der Waals surface area (Å²) in [6.45, 7) is 5.46. The van der Waals surface area contributed by atoms with Crippen LogP contribution < -0.4 is 14.8 Å². The molecule has 0 heterocycles. The van der Waals surface area contributed by atoms with Crippen LogP contribution in [0, 0.1) is 0 Å². The number of aliphatic hydroxyl groups excluding tert-OH is 1. The molecule has 18 heavy (non-hydrogen) atoms. The largest absolute Gasteiger partial charge is 0.497 e. The Morgan fingerprint density at radius 3 is 2.33 bits per heavy atom. The minimum atomic E-state index is -0.219. The standard InChI is InChI=1S/C14H23NO3/c1-4-14(2,11-16)15-9-10-18-13-7-5-12(17-3)6-8-13/h5-8,15-16H,4,9-11H2,1-3H3. The lowest BCUT2D eigenvalue weighted by Gasteiger charge is -2.27.